The van der Waals surface area contributed by atoms with Crippen LogP contribution in [-0.2, 0) is 10.0 Å². The van der Waals surface area contributed by atoms with Crippen LogP contribution in [0.4, 0.5) is 0 Å². The second-order valence-electron chi connectivity index (χ2n) is 6.75. The van der Waals surface area contributed by atoms with Crippen molar-refractivity contribution < 1.29 is 8.42 Å². The molecule has 1 atom stereocenters. The summed E-state index contributed by atoms with van der Waals surface area (Å²) in [5.74, 6) is 0. The molecule has 0 aliphatic carbocycles. The normalized spacial score (nSPS) is 14.6. The van der Waals surface area contributed by atoms with E-state index >= 15 is 0 Å². The standard InChI is InChI=1S/C19H33NO2S/c1-4-6-8-13-17-19(3,16-12-7-5-2)20-23(21,22)18-14-10-9-11-15-18/h9-11,14-15,20H,4-8,12-13,16-17H2,1-3H3. The predicted molar refractivity (Wildman–Crippen MR) is 98.1 cm³/mol. The van der Waals surface area contributed by atoms with Crippen molar-refractivity contribution in [1.82, 2.24) is 4.72 Å². The lowest BCUT2D eigenvalue weighted by Gasteiger charge is -2.31. The molecule has 0 bridgehead atoms. The van der Waals surface area contributed by atoms with Gasteiger partial charge in [-0.3, -0.25) is 0 Å². The van der Waals surface area contributed by atoms with Gasteiger partial charge in [-0.05, 0) is 31.9 Å². The number of sulfonamides is 1. The number of hydrogen-bond donors (Lipinski definition) is 1. The van der Waals surface area contributed by atoms with Gasteiger partial charge < -0.3 is 0 Å². The molecule has 1 rings (SSSR count). The second kappa shape index (κ2) is 10.1. The van der Waals surface area contributed by atoms with E-state index in [-0.39, 0.29) is 5.54 Å². The number of unbranched alkanes of at least 4 members (excludes halogenated alkanes) is 5. The number of hydrogen-bond acceptors (Lipinski definition) is 2. The Hall–Kier alpha value is -0.870. The van der Waals surface area contributed by atoms with Crippen LogP contribution >= 0.6 is 0 Å². The summed E-state index contributed by atoms with van der Waals surface area (Å²) in [5.41, 5.74) is -0.350. The molecule has 0 radical (unpaired) electrons. The average molecular weight is 340 g/mol. The maximum Gasteiger partial charge on any atom is 0.241 e. The zero-order chi connectivity index (χ0) is 17.2. The van der Waals surface area contributed by atoms with E-state index in [1.165, 1.54) is 19.3 Å². The van der Waals surface area contributed by atoms with E-state index in [9.17, 15) is 8.42 Å². The molecule has 0 amide bonds. The van der Waals surface area contributed by atoms with Gasteiger partial charge in [-0.15, -0.1) is 0 Å². The van der Waals surface area contributed by atoms with Gasteiger partial charge in [-0.2, -0.15) is 0 Å². The molecule has 0 spiro atoms. The van der Waals surface area contributed by atoms with Gasteiger partial charge in [0.05, 0.1) is 4.90 Å². The van der Waals surface area contributed by atoms with Gasteiger partial charge in [0, 0.05) is 5.54 Å². The largest absolute Gasteiger partial charge is 0.241 e. The topological polar surface area (TPSA) is 46.2 Å². The summed E-state index contributed by atoms with van der Waals surface area (Å²) in [5, 5.41) is 0. The van der Waals surface area contributed by atoms with Crippen molar-refractivity contribution in [1.29, 1.82) is 0 Å². The summed E-state index contributed by atoms with van der Waals surface area (Å²) < 4.78 is 28.3. The average Bonchev–Trinajstić information content (AvgIpc) is 2.52. The Morgan fingerprint density at radius 2 is 1.39 bits per heavy atom. The third kappa shape index (κ3) is 7.49. The summed E-state index contributed by atoms with van der Waals surface area (Å²) in [6.07, 6.45) is 9.84. The Balaban J connectivity index is 2.77. The molecule has 23 heavy (non-hydrogen) atoms. The highest BCUT2D eigenvalue weighted by Crippen LogP contribution is 2.25. The van der Waals surface area contributed by atoms with Gasteiger partial charge in [0.1, 0.15) is 0 Å². The van der Waals surface area contributed by atoms with Crippen LogP contribution in [0.3, 0.4) is 0 Å². The third-order valence-corrected chi connectivity index (χ3v) is 6.00. The lowest BCUT2D eigenvalue weighted by molar-refractivity contribution is 0.333. The molecule has 0 aliphatic rings. The van der Waals surface area contributed by atoms with Crippen LogP contribution < -0.4 is 4.72 Å². The van der Waals surface area contributed by atoms with Crippen molar-refractivity contribution in [2.24, 2.45) is 0 Å². The Kier molecular flexibility index (Phi) is 8.85. The van der Waals surface area contributed by atoms with Crippen molar-refractivity contribution in [3.8, 4) is 0 Å². The second-order valence-corrected chi connectivity index (χ2v) is 8.43. The monoisotopic (exact) mass is 339 g/mol. The van der Waals surface area contributed by atoms with E-state index in [4.69, 9.17) is 0 Å². The molecule has 1 aromatic rings. The van der Waals surface area contributed by atoms with Crippen molar-refractivity contribution in [3.63, 3.8) is 0 Å². The van der Waals surface area contributed by atoms with Crippen LogP contribution in [0.15, 0.2) is 35.2 Å². The van der Waals surface area contributed by atoms with Crippen molar-refractivity contribution in [2.45, 2.75) is 89.0 Å². The Morgan fingerprint density at radius 1 is 0.870 bits per heavy atom. The van der Waals surface area contributed by atoms with Gasteiger partial charge in [0.25, 0.3) is 0 Å². The molecular formula is C19H33NO2S. The molecule has 0 aliphatic heterocycles. The zero-order valence-corrected chi connectivity index (χ0v) is 15.8. The molecular weight excluding hydrogens is 306 g/mol. The van der Waals surface area contributed by atoms with E-state index in [2.05, 4.69) is 25.5 Å². The van der Waals surface area contributed by atoms with Crippen LogP contribution in [-0.4, -0.2) is 14.0 Å². The fourth-order valence-corrected chi connectivity index (χ4v) is 4.40. The number of rotatable bonds is 12. The molecule has 0 saturated carbocycles. The first kappa shape index (κ1) is 20.2. The van der Waals surface area contributed by atoms with Crippen LogP contribution in [0.2, 0.25) is 0 Å². The Bertz CT molecular complexity index is 528. The number of benzene rings is 1. The lowest BCUT2D eigenvalue weighted by Crippen LogP contribution is -2.45. The minimum absolute atomic E-state index is 0.350. The minimum atomic E-state index is -3.45. The molecule has 1 unspecified atom stereocenters. The van der Waals surface area contributed by atoms with E-state index in [1.54, 1.807) is 24.3 Å². The molecule has 0 saturated heterocycles. The molecule has 132 valence electrons. The molecule has 4 heteroatoms. The zero-order valence-electron chi connectivity index (χ0n) is 15.0. The van der Waals surface area contributed by atoms with Gasteiger partial charge in [0.2, 0.25) is 10.0 Å². The van der Waals surface area contributed by atoms with Crippen LogP contribution in [0, 0.1) is 0 Å². The van der Waals surface area contributed by atoms with Crippen molar-refractivity contribution in [2.75, 3.05) is 0 Å². The van der Waals surface area contributed by atoms with Crippen LogP contribution in [0.5, 0.6) is 0 Å². The fourth-order valence-electron chi connectivity index (χ4n) is 2.92. The van der Waals surface area contributed by atoms with E-state index < -0.39 is 10.0 Å². The van der Waals surface area contributed by atoms with Gasteiger partial charge >= 0.3 is 0 Å². The van der Waals surface area contributed by atoms with Gasteiger partial charge in [-0.1, -0.05) is 77.0 Å². The first-order valence-corrected chi connectivity index (χ1v) is 10.5. The Labute approximate surface area is 142 Å². The van der Waals surface area contributed by atoms with Crippen molar-refractivity contribution in [3.05, 3.63) is 30.3 Å². The number of nitrogens with one attached hydrogen (secondary N) is 1. The quantitative estimate of drug-likeness (QED) is 0.527. The summed E-state index contributed by atoms with van der Waals surface area (Å²) in [7, 11) is -3.45. The van der Waals surface area contributed by atoms with Gasteiger partial charge in [-0.25, -0.2) is 13.1 Å². The maximum absolute atomic E-state index is 12.7. The molecule has 1 N–H and O–H groups in total. The summed E-state index contributed by atoms with van der Waals surface area (Å²) in [6, 6.07) is 8.69. The molecule has 1 aromatic carbocycles. The molecule has 0 aromatic heterocycles. The fraction of sp³-hybridized carbons (Fsp3) is 0.684. The van der Waals surface area contributed by atoms with E-state index in [0.717, 1.165) is 38.5 Å². The SMILES string of the molecule is CCCCCCC(C)(CCCCC)NS(=O)(=O)c1ccccc1. The van der Waals surface area contributed by atoms with Crippen LogP contribution in [0.25, 0.3) is 0 Å². The third-order valence-electron chi connectivity index (χ3n) is 4.35. The van der Waals surface area contributed by atoms with E-state index in [1.807, 2.05) is 6.07 Å². The first-order valence-electron chi connectivity index (χ1n) is 9.02. The van der Waals surface area contributed by atoms with Gasteiger partial charge in [0.15, 0.2) is 0 Å². The Morgan fingerprint density at radius 3 is 1.96 bits per heavy atom. The highest BCUT2D eigenvalue weighted by Gasteiger charge is 2.29. The lowest BCUT2D eigenvalue weighted by atomic mass is 9.89. The summed E-state index contributed by atoms with van der Waals surface area (Å²) in [6.45, 7) is 6.43. The maximum atomic E-state index is 12.7. The molecule has 0 heterocycles. The molecule has 0 fully saturated rings. The summed E-state index contributed by atoms with van der Waals surface area (Å²) >= 11 is 0. The molecule has 3 nitrogen and oxygen atoms in total. The predicted octanol–water partition coefficient (Wildman–Crippen LogP) is 5.27. The summed E-state index contributed by atoms with van der Waals surface area (Å²) in [4.78, 5) is 0.357. The van der Waals surface area contributed by atoms with Crippen LogP contribution in [0.1, 0.15) is 78.6 Å². The highest BCUT2D eigenvalue weighted by atomic mass is 32.2. The highest BCUT2D eigenvalue weighted by molar-refractivity contribution is 7.89. The smallest absolute Gasteiger partial charge is 0.207 e. The van der Waals surface area contributed by atoms with E-state index in [0.29, 0.717) is 4.90 Å². The first-order chi connectivity index (χ1) is 10.9. The van der Waals surface area contributed by atoms with Crippen molar-refractivity contribution >= 4 is 10.0 Å². The minimum Gasteiger partial charge on any atom is -0.207 e.